The van der Waals surface area contributed by atoms with Crippen molar-refractivity contribution in [3.05, 3.63) is 59.3 Å². The molecule has 5 rings (SSSR count). The smallest absolute Gasteiger partial charge is 0.258 e. The Hall–Kier alpha value is -3.26. The summed E-state index contributed by atoms with van der Waals surface area (Å²) in [6.07, 6.45) is 4.12. The van der Waals surface area contributed by atoms with Gasteiger partial charge < -0.3 is 9.84 Å². The predicted octanol–water partition coefficient (Wildman–Crippen LogP) is 3.49. The lowest BCUT2D eigenvalue weighted by atomic mass is 10.2. The normalized spacial score (nSPS) is 13.8. The van der Waals surface area contributed by atoms with Crippen LogP contribution < -0.4 is 5.32 Å². The number of anilines is 1. The number of halogens is 1. The number of fused-ring (bicyclic) bond motifs is 1. The Labute approximate surface area is 164 Å². The second-order valence-electron chi connectivity index (χ2n) is 6.72. The molecule has 3 aromatic heterocycles. The number of amides is 1. The standard InChI is InChI=1S/C19H15ClN6O2/c20-13-3-5-14(6-4-13)21-17(27)10-16-24-23-15-9-12(7-8-26(15)16)19-22-18(25-28-19)11-1-2-11/h3-9,11H,1-2,10H2,(H,21,27). The van der Waals surface area contributed by atoms with Gasteiger partial charge >= 0.3 is 0 Å². The van der Waals surface area contributed by atoms with Gasteiger partial charge in [-0.15, -0.1) is 10.2 Å². The predicted molar refractivity (Wildman–Crippen MR) is 102 cm³/mol. The molecule has 1 aliphatic carbocycles. The van der Waals surface area contributed by atoms with Gasteiger partial charge in [-0.1, -0.05) is 16.8 Å². The van der Waals surface area contributed by atoms with Crippen LogP contribution in [0.1, 0.15) is 30.4 Å². The summed E-state index contributed by atoms with van der Waals surface area (Å²) in [6, 6.07) is 10.6. The molecule has 4 aromatic rings. The summed E-state index contributed by atoms with van der Waals surface area (Å²) in [7, 11) is 0. The van der Waals surface area contributed by atoms with Crippen molar-refractivity contribution in [2.45, 2.75) is 25.2 Å². The SMILES string of the molecule is O=C(Cc1nnc2cc(-c3nc(C4CC4)no3)ccn12)Nc1ccc(Cl)cc1. The van der Waals surface area contributed by atoms with Gasteiger partial charge in [0.15, 0.2) is 11.5 Å². The quantitative estimate of drug-likeness (QED) is 0.556. The molecule has 0 aliphatic heterocycles. The van der Waals surface area contributed by atoms with E-state index in [1.807, 2.05) is 12.1 Å². The van der Waals surface area contributed by atoms with Crippen molar-refractivity contribution >= 4 is 28.8 Å². The molecule has 1 fully saturated rings. The molecule has 9 heteroatoms. The summed E-state index contributed by atoms with van der Waals surface area (Å²) in [5.41, 5.74) is 2.06. The highest BCUT2D eigenvalue weighted by Gasteiger charge is 2.29. The molecule has 0 spiro atoms. The monoisotopic (exact) mass is 394 g/mol. The minimum atomic E-state index is -0.188. The molecule has 8 nitrogen and oxygen atoms in total. The van der Waals surface area contributed by atoms with Gasteiger partial charge in [-0.05, 0) is 49.2 Å². The van der Waals surface area contributed by atoms with E-state index in [0.29, 0.717) is 34.0 Å². The summed E-state index contributed by atoms with van der Waals surface area (Å²) >= 11 is 5.86. The fourth-order valence-electron chi connectivity index (χ4n) is 2.94. The van der Waals surface area contributed by atoms with Gasteiger partial charge in [0.2, 0.25) is 5.91 Å². The maximum Gasteiger partial charge on any atom is 0.258 e. The van der Waals surface area contributed by atoms with E-state index in [1.165, 1.54) is 0 Å². The molecule has 3 heterocycles. The van der Waals surface area contributed by atoms with E-state index in [9.17, 15) is 4.79 Å². The van der Waals surface area contributed by atoms with Crippen LogP contribution in [0.3, 0.4) is 0 Å². The average Bonchev–Trinajstić information content (AvgIpc) is 3.29. The highest BCUT2D eigenvalue weighted by atomic mass is 35.5. The van der Waals surface area contributed by atoms with Crippen LogP contribution in [0.4, 0.5) is 5.69 Å². The molecule has 1 aliphatic rings. The number of hydrogen-bond donors (Lipinski definition) is 1. The Kier molecular flexibility index (Phi) is 4.05. The van der Waals surface area contributed by atoms with Crippen molar-refractivity contribution < 1.29 is 9.32 Å². The van der Waals surface area contributed by atoms with Crippen LogP contribution in [-0.2, 0) is 11.2 Å². The van der Waals surface area contributed by atoms with Crippen LogP contribution in [0.25, 0.3) is 17.1 Å². The van der Waals surface area contributed by atoms with Gasteiger partial charge in [-0.2, -0.15) is 4.98 Å². The second kappa shape index (κ2) is 6.72. The van der Waals surface area contributed by atoms with E-state index < -0.39 is 0 Å². The van der Waals surface area contributed by atoms with E-state index >= 15 is 0 Å². The van der Waals surface area contributed by atoms with Crippen molar-refractivity contribution in [3.63, 3.8) is 0 Å². The zero-order chi connectivity index (χ0) is 19.1. The molecule has 1 aromatic carbocycles. The third-order valence-electron chi connectivity index (χ3n) is 4.56. The molecule has 0 saturated heterocycles. The lowest BCUT2D eigenvalue weighted by Gasteiger charge is -2.04. The summed E-state index contributed by atoms with van der Waals surface area (Å²) in [5, 5.41) is 15.8. The molecule has 0 bridgehead atoms. The second-order valence-corrected chi connectivity index (χ2v) is 7.16. The Morgan fingerprint density at radius 3 is 2.82 bits per heavy atom. The molecule has 140 valence electrons. The van der Waals surface area contributed by atoms with Crippen LogP contribution in [-0.4, -0.2) is 30.6 Å². The van der Waals surface area contributed by atoms with E-state index in [0.717, 1.165) is 24.2 Å². The fourth-order valence-corrected chi connectivity index (χ4v) is 3.06. The molecule has 1 N–H and O–H groups in total. The number of benzene rings is 1. The summed E-state index contributed by atoms with van der Waals surface area (Å²) < 4.78 is 7.12. The Morgan fingerprint density at radius 2 is 2.04 bits per heavy atom. The van der Waals surface area contributed by atoms with Gasteiger partial charge in [0.1, 0.15) is 5.82 Å². The van der Waals surface area contributed by atoms with Crippen molar-refractivity contribution in [1.82, 2.24) is 24.7 Å². The van der Waals surface area contributed by atoms with Crippen molar-refractivity contribution in [3.8, 4) is 11.5 Å². The highest BCUT2D eigenvalue weighted by Crippen LogP contribution is 2.38. The van der Waals surface area contributed by atoms with E-state index in [1.54, 1.807) is 34.9 Å². The van der Waals surface area contributed by atoms with Crippen molar-refractivity contribution in [1.29, 1.82) is 0 Å². The molecular formula is C19H15ClN6O2. The zero-order valence-corrected chi connectivity index (χ0v) is 15.4. The Morgan fingerprint density at radius 1 is 1.21 bits per heavy atom. The van der Waals surface area contributed by atoms with Gasteiger partial charge in [-0.25, -0.2) is 0 Å². The highest BCUT2D eigenvalue weighted by molar-refractivity contribution is 6.30. The first-order valence-corrected chi connectivity index (χ1v) is 9.26. The Bertz CT molecular complexity index is 1160. The molecule has 1 saturated carbocycles. The lowest BCUT2D eigenvalue weighted by molar-refractivity contribution is -0.115. The minimum absolute atomic E-state index is 0.0928. The summed E-state index contributed by atoms with van der Waals surface area (Å²) in [5.74, 6) is 2.01. The molecule has 0 unspecified atom stereocenters. The third kappa shape index (κ3) is 3.34. The average molecular weight is 395 g/mol. The molecule has 0 radical (unpaired) electrons. The lowest BCUT2D eigenvalue weighted by Crippen LogP contribution is -2.16. The van der Waals surface area contributed by atoms with Crippen LogP contribution in [0.5, 0.6) is 0 Å². The molecule has 1 amide bonds. The van der Waals surface area contributed by atoms with E-state index in [4.69, 9.17) is 16.1 Å². The molecule has 28 heavy (non-hydrogen) atoms. The van der Waals surface area contributed by atoms with Crippen LogP contribution in [0, 0.1) is 0 Å². The zero-order valence-electron chi connectivity index (χ0n) is 14.7. The van der Waals surface area contributed by atoms with Crippen molar-refractivity contribution in [2.24, 2.45) is 0 Å². The minimum Gasteiger partial charge on any atom is -0.334 e. The number of pyridine rings is 1. The molecular weight excluding hydrogens is 380 g/mol. The van der Waals surface area contributed by atoms with Crippen LogP contribution in [0.2, 0.25) is 5.02 Å². The number of nitrogens with one attached hydrogen (secondary N) is 1. The van der Waals surface area contributed by atoms with Crippen LogP contribution >= 0.6 is 11.6 Å². The van der Waals surface area contributed by atoms with Gasteiger partial charge in [0.05, 0.1) is 6.42 Å². The Balaban J connectivity index is 1.34. The summed E-state index contributed by atoms with van der Waals surface area (Å²) in [6.45, 7) is 0. The summed E-state index contributed by atoms with van der Waals surface area (Å²) in [4.78, 5) is 16.8. The number of nitrogens with zero attached hydrogens (tertiary/aromatic N) is 5. The molecule has 0 atom stereocenters. The topological polar surface area (TPSA) is 98.2 Å². The number of hydrogen-bond acceptors (Lipinski definition) is 6. The maximum atomic E-state index is 12.3. The first-order valence-electron chi connectivity index (χ1n) is 8.89. The number of carbonyl (C=O) groups is 1. The van der Waals surface area contributed by atoms with Gasteiger partial charge in [-0.3, -0.25) is 9.20 Å². The number of rotatable bonds is 5. The largest absolute Gasteiger partial charge is 0.334 e. The van der Waals surface area contributed by atoms with Gasteiger partial charge in [0, 0.05) is 28.4 Å². The van der Waals surface area contributed by atoms with E-state index in [-0.39, 0.29) is 12.3 Å². The third-order valence-corrected chi connectivity index (χ3v) is 4.81. The van der Waals surface area contributed by atoms with Crippen LogP contribution in [0.15, 0.2) is 47.1 Å². The number of carbonyl (C=O) groups excluding carboxylic acids is 1. The number of aromatic nitrogens is 5. The maximum absolute atomic E-state index is 12.3. The first-order chi connectivity index (χ1) is 13.7. The fraction of sp³-hybridized carbons (Fsp3) is 0.211. The first kappa shape index (κ1) is 16.9. The van der Waals surface area contributed by atoms with Crippen molar-refractivity contribution in [2.75, 3.05) is 5.32 Å². The van der Waals surface area contributed by atoms with Gasteiger partial charge in [0.25, 0.3) is 5.89 Å². The van der Waals surface area contributed by atoms with E-state index in [2.05, 4.69) is 25.7 Å².